The number of nitrogens with two attached hydrogens (primary N) is 1. The number of carboxylic acid groups (broad SMARTS) is 1. The van der Waals surface area contributed by atoms with E-state index < -0.39 is 24.2 Å². The van der Waals surface area contributed by atoms with Crippen molar-refractivity contribution in [3.63, 3.8) is 0 Å². The van der Waals surface area contributed by atoms with Crippen LogP contribution >= 0.6 is 35.0 Å². The van der Waals surface area contributed by atoms with E-state index in [1.165, 1.54) is 16.7 Å². The summed E-state index contributed by atoms with van der Waals surface area (Å²) in [7, 11) is 0. The standard InChI is InChI=1S/C18H24Cl2F3N3O2S.C2H6/c19-12-1-2-15(13(20)11-12)25-5-7-26(8-6-25)16(18(21,22)23)4-10-29-9-3-14(24)17(27)28;1-2/h1-2,11,14,16H,3-10,24H2,(H,27,28);1-2H3. The summed E-state index contributed by atoms with van der Waals surface area (Å²) in [5, 5.41) is 9.72. The van der Waals surface area contributed by atoms with Gasteiger partial charge in [0, 0.05) is 31.2 Å². The zero-order valence-corrected chi connectivity index (χ0v) is 20.0. The first-order valence-electron chi connectivity index (χ1n) is 10.2. The van der Waals surface area contributed by atoms with Gasteiger partial charge >= 0.3 is 12.1 Å². The smallest absolute Gasteiger partial charge is 0.404 e. The molecule has 1 heterocycles. The molecule has 0 bridgehead atoms. The Morgan fingerprint density at radius 1 is 1.16 bits per heavy atom. The van der Waals surface area contributed by atoms with Crippen molar-refractivity contribution in [1.82, 2.24) is 4.90 Å². The fourth-order valence-electron chi connectivity index (χ4n) is 3.20. The maximum Gasteiger partial charge on any atom is 0.404 e. The normalized spacial score (nSPS) is 17.0. The molecule has 0 aromatic heterocycles. The molecule has 3 N–H and O–H groups in total. The van der Waals surface area contributed by atoms with Crippen LogP contribution in [0.25, 0.3) is 0 Å². The second kappa shape index (κ2) is 13.6. The van der Waals surface area contributed by atoms with Gasteiger partial charge in [-0.3, -0.25) is 9.69 Å². The Morgan fingerprint density at radius 3 is 2.26 bits per heavy atom. The first-order chi connectivity index (χ1) is 14.6. The van der Waals surface area contributed by atoms with Crippen LogP contribution in [0, 0.1) is 0 Å². The number of nitrogens with zero attached hydrogens (tertiary/aromatic N) is 2. The predicted octanol–water partition coefficient (Wildman–Crippen LogP) is 5.00. The lowest BCUT2D eigenvalue weighted by Crippen LogP contribution is -2.55. The number of benzene rings is 1. The van der Waals surface area contributed by atoms with Crippen LogP contribution in [0.2, 0.25) is 10.0 Å². The van der Waals surface area contributed by atoms with Gasteiger partial charge in [0.05, 0.1) is 10.7 Å². The Balaban J connectivity index is 0.00000233. The number of thioether (sulfide) groups is 1. The quantitative estimate of drug-likeness (QED) is 0.462. The van der Waals surface area contributed by atoms with Crippen molar-refractivity contribution in [2.45, 2.75) is 44.9 Å². The molecule has 31 heavy (non-hydrogen) atoms. The van der Waals surface area contributed by atoms with Crippen molar-refractivity contribution in [1.29, 1.82) is 0 Å². The fraction of sp³-hybridized carbons (Fsp3) is 0.650. The second-order valence-corrected chi connectivity index (χ2v) is 8.88. The van der Waals surface area contributed by atoms with Crippen LogP contribution < -0.4 is 10.6 Å². The number of hydrogen-bond donors (Lipinski definition) is 2. The van der Waals surface area contributed by atoms with Gasteiger partial charge in [-0.05, 0) is 42.5 Å². The highest BCUT2D eigenvalue weighted by molar-refractivity contribution is 7.99. The van der Waals surface area contributed by atoms with Crippen molar-refractivity contribution in [2.24, 2.45) is 5.73 Å². The second-order valence-electron chi connectivity index (χ2n) is 6.81. The average molecular weight is 504 g/mol. The minimum atomic E-state index is -4.32. The van der Waals surface area contributed by atoms with Crippen molar-refractivity contribution in [2.75, 3.05) is 42.6 Å². The lowest BCUT2D eigenvalue weighted by atomic mass is 10.1. The van der Waals surface area contributed by atoms with E-state index in [4.69, 9.17) is 34.0 Å². The molecule has 0 amide bonds. The summed E-state index contributed by atoms with van der Waals surface area (Å²) < 4.78 is 40.7. The number of halogens is 5. The van der Waals surface area contributed by atoms with Crippen LogP contribution in [-0.4, -0.2) is 71.9 Å². The minimum absolute atomic E-state index is 0.0435. The average Bonchev–Trinajstić information content (AvgIpc) is 2.71. The molecule has 1 aliphatic rings. The number of alkyl halides is 3. The Labute approximate surface area is 196 Å². The summed E-state index contributed by atoms with van der Waals surface area (Å²) >= 11 is 13.4. The molecular weight excluding hydrogens is 474 g/mol. The van der Waals surface area contributed by atoms with Gasteiger partial charge in [0.1, 0.15) is 12.1 Å². The molecule has 2 atom stereocenters. The van der Waals surface area contributed by atoms with Gasteiger partial charge in [-0.2, -0.15) is 24.9 Å². The molecule has 0 saturated carbocycles. The third-order valence-corrected chi connectivity index (χ3v) is 6.40. The molecular formula is C20H30Cl2F3N3O2S. The summed E-state index contributed by atoms with van der Waals surface area (Å²) in [5.74, 6) is -0.391. The Morgan fingerprint density at radius 2 is 1.74 bits per heavy atom. The molecule has 1 aromatic carbocycles. The van der Waals surface area contributed by atoms with E-state index in [-0.39, 0.29) is 25.9 Å². The molecule has 1 aliphatic heterocycles. The maximum absolute atomic E-state index is 13.6. The lowest BCUT2D eigenvalue weighted by molar-refractivity contribution is -0.184. The molecule has 2 unspecified atom stereocenters. The Bertz CT molecular complexity index is 690. The van der Waals surface area contributed by atoms with E-state index in [1.54, 1.807) is 18.2 Å². The fourth-order valence-corrected chi connectivity index (χ4v) is 4.74. The highest BCUT2D eigenvalue weighted by atomic mass is 35.5. The number of rotatable bonds is 9. The molecule has 0 spiro atoms. The summed E-state index contributed by atoms with van der Waals surface area (Å²) in [6.07, 6.45) is -4.13. The van der Waals surface area contributed by atoms with E-state index in [0.717, 1.165) is 5.69 Å². The zero-order chi connectivity index (χ0) is 23.6. The number of carbonyl (C=O) groups is 1. The Hall–Kier alpha value is -0.870. The number of hydrogen-bond acceptors (Lipinski definition) is 5. The number of aliphatic carboxylic acids is 1. The van der Waals surface area contributed by atoms with Crippen molar-refractivity contribution in [3.8, 4) is 0 Å². The van der Waals surface area contributed by atoms with E-state index in [1.807, 2.05) is 18.7 Å². The van der Waals surface area contributed by atoms with E-state index in [0.29, 0.717) is 34.6 Å². The van der Waals surface area contributed by atoms with Gasteiger partial charge in [0.2, 0.25) is 0 Å². The molecule has 11 heteroatoms. The molecule has 0 aliphatic carbocycles. The number of piperazine rings is 1. The molecule has 1 fully saturated rings. The van der Waals surface area contributed by atoms with Crippen molar-refractivity contribution in [3.05, 3.63) is 28.2 Å². The molecule has 0 radical (unpaired) electrons. The van der Waals surface area contributed by atoms with Crippen molar-refractivity contribution >= 4 is 46.6 Å². The van der Waals surface area contributed by atoms with E-state index >= 15 is 0 Å². The third-order valence-electron chi connectivity index (χ3n) is 4.81. The molecule has 1 saturated heterocycles. The van der Waals surface area contributed by atoms with Crippen LogP contribution in [0.3, 0.4) is 0 Å². The third kappa shape index (κ3) is 9.26. The zero-order valence-electron chi connectivity index (χ0n) is 17.7. The van der Waals surface area contributed by atoms with Gasteiger partial charge in [-0.15, -0.1) is 0 Å². The Kier molecular flexibility index (Phi) is 12.4. The molecule has 1 aromatic rings. The van der Waals surface area contributed by atoms with Gasteiger partial charge in [-0.1, -0.05) is 37.0 Å². The predicted molar refractivity (Wildman–Crippen MR) is 124 cm³/mol. The SMILES string of the molecule is CC.NC(CCSCCC(N1CCN(c2ccc(Cl)cc2Cl)CC1)C(F)(F)F)C(=O)O. The van der Waals surface area contributed by atoms with Crippen LogP contribution in [0.5, 0.6) is 0 Å². The largest absolute Gasteiger partial charge is 0.480 e. The van der Waals surface area contributed by atoms with E-state index in [9.17, 15) is 18.0 Å². The van der Waals surface area contributed by atoms with Crippen LogP contribution in [0.1, 0.15) is 26.7 Å². The van der Waals surface area contributed by atoms with Crippen molar-refractivity contribution < 1.29 is 23.1 Å². The van der Waals surface area contributed by atoms with E-state index in [2.05, 4.69) is 0 Å². The summed E-state index contributed by atoms with van der Waals surface area (Å²) in [6, 6.07) is 2.61. The van der Waals surface area contributed by atoms with Gasteiger partial charge < -0.3 is 15.7 Å². The highest BCUT2D eigenvalue weighted by Gasteiger charge is 2.43. The number of carboxylic acids is 1. The summed E-state index contributed by atoms with van der Waals surface area (Å²) in [6.45, 7) is 5.43. The van der Waals surface area contributed by atoms with Gasteiger partial charge in [0.15, 0.2) is 0 Å². The monoisotopic (exact) mass is 503 g/mol. The molecule has 178 valence electrons. The minimum Gasteiger partial charge on any atom is -0.480 e. The van der Waals surface area contributed by atoms with Crippen LogP contribution in [0.4, 0.5) is 18.9 Å². The summed E-state index contributed by atoms with van der Waals surface area (Å²) in [4.78, 5) is 14.1. The maximum atomic E-state index is 13.6. The topological polar surface area (TPSA) is 69.8 Å². The first-order valence-corrected chi connectivity index (χ1v) is 12.1. The molecule has 2 rings (SSSR count). The lowest BCUT2D eigenvalue weighted by Gasteiger charge is -2.41. The first kappa shape index (κ1) is 28.2. The number of anilines is 1. The summed E-state index contributed by atoms with van der Waals surface area (Å²) in [5.41, 5.74) is 6.17. The van der Waals surface area contributed by atoms with Gasteiger partial charge in [-0.25, -0.2) is 0 Å². The van der Waals surface area contributed by atoms with Crippen LogP contribution in [-0.2, 0) is 4.79 Å². The molecule has 5 nitrogen and oxygen atoms in total. The van der Waals surface area contributed by atoms with Crippen LogP contribution in [0.15, 0.2) is 18.2 Å². The van der Waals surface area contributed by atoms with Gasteiger partial charge in [0.25, 0.3) is 0 Å². The highest BCUT2D eigenvalue weighted by Crippen LogP contribution is 2.32.